The number of hydrogen-bond acceptors (Lipinski definition) is 1. The fourth-order valence-corrected chi connectivity index (χ4v) is 4.31. The number of rotatable bonds is 4. The van der Waals surface area contributed by atoms with Crippen LogP contribution in [0.4, 0.5) is 0 Å². The molecule has 96 valence electrons. The van der Waals surface area contributed by atoms with Crippen LogP contribution in [0.15, 0.2) is 40.9 Å². The van der Waals surface area contributed by atoms with Gasteiger partial charge in [0.15, 0.2) is 0 Å². The van der Waals surface area contributed by atoms with Crippen LogP contribution in [0.25, 0.3) is 0 Å². The third-order valence-electron chi connectivity index (χ3n) is 2.96. The summed E-state index contributed by atoms with van der Waals surface area (Å²) in [6, 6.07) is 12.4. The molecule has 0 fully saturated rings. The molecule has 0 aliphatic rings. The van der Waals surface area contributed by atoms with Crippen LogP contribution in [0.3, 0.4) is 0 Å². The molecule has 0 aliphatic heterocycles. The van der Waals surface area contributed by atoms with E-state index in [9.17, 15) is 0 Å². The Kier molecular flexibility index (Phi) is 5.14. The molecule has 0 radical (unpaired) electrons. The van der Waals surface area contributed by atoms with Crippen LogP contribution in [-0.4, -0.2) is 0 Å². The Morgan fingerprint density at radius 2 is 1.94 bits per heavy atom. The van der Waals surface area contributed by atoms with Gasteiger partial charge in [0.2, 0.25) is 0 Å². The summed E-state index contributed by atoms with van der Waals surface area (Å²) in [6.07, 6.45) is 1.01. The molecule has 0 saturated carbocycles. The maximum Gasteiger partial charge on any atom is 0.107 e. The highest BCUT2D eigenvalue weighted by molar-refractivity contribution is 9.10. The lowest BCUT2D eigenvalue weighted by Crippen LogP contribution is -2.04. The van der Waals surface area contributed by atoms with Gasteiger partial charge in [-0.1, -0.05) is 48.9 Å². The number of alkyl halides is 1. The molecule has 0 N–H and O–H groups in total. The van der Waals surface area contributed by atoms with Crippen LogP contribution in [0.5, 0.6) is 0 Å². The molecule has 2 aromatic rings. The zero-order valence-corrected chi connectivity index (χ0v) is 13.8. The predicted octanol–water partition coefficient (Wildman–Crippen LogP) is 6.64. The Labute approximate surface area is 130 Å². The highest BCUT2D eigenvalue weighted by Gasteiger charge is 2.23. The average molecular weight is 364 g/mol. The van der Waals surface area contributed by atoms with Gasteiger partial charge in [0.25, 0.3) is 0 Å². The molecule has 4 heteroatoms. The van der Waals surface area contributed by atoms with Crippen molar-refractivity contribution in [1.29, 1.82) is 0 Å². The van der Waals surface area contributed by atoms with Crippen LogP contribution in [0.1, 0.15) is 35.1 Å². The molecule has 18 heavy (non-hydrogen) atoms. The van der Waals surface area contributed by atoms with Crippen LogP contribution >= 0.6 is 50.5 Å². The summed E-state index contributed by atoms with van der Waals surface area (Å²) in [7, 11) is 0. The average Bonchev–Trinajstić information content (AvgIpc) is 2.72. The lowest BCUT2D eigenvalue weighted by Gasteiger charge is -2.20. The van der Waals surface area contributed by atoms with Gasteiger partial charge in [-0.25, -0.2) is 0 Å². The summed E-state index contributed by atoms with van der Waals surface area (Å²) in [4.78, 5) is 1.12. The fourth-order valence-electron chi connectivity index (χ4n) is 2.01. The van der Waals surface area contributed by atoms with Gasteiger partial charge in [-0.2, -0.15) is 0 Å². The van der Waals surface area contributed by atoms with Crippen molar-refractivity contribution in [3.8, 4) is 0 Å². The largest absolute Gasteiger partial charge is 0.126 e. The van der Waals surface area contributed by atoms with Crippen molar-refractivity contribution in [1.82, 2.24) is 0 Å². The normalized spacial score (nSPS) is 14.4. The van der Waals surface area contributed by atoms with E-state index in [0.29, 0.717) is 5.92 Å². The molecule has 2 atom stereocenters. The van der Waals surface area contributed by atoms with Gasteiger partial charge >= 0.3 is 0 Å². The number of hydrogen-bond donors (Lipinski definition) is 0. The summed E-state index contributed by atoms with van der Waals surface area (Å²) < 4.78 is 1.69. The van der Waals surface area contributed by atoms with Crippen LogP contribution in [0.2, 0.25) is 4.34 Å². The second kappa shape index (κ2) is 6.42. The van der Waals surface area contributed by atoms with Crippen molar-refractivity contribution in [2.75, 3.05) is 0 Å². The third-order valence-corrected chi connectivity index (χ3v) is 6.18. The molecule has 0 bridgehead atoms. The van der Waals surface area contributed by atoms with Crippen molar-refractivity contribution >= 4 is 50.5 Å². The Hall–Kier alpha value is -0.0200. The monoisotopic (exact) mass is 362 g/mol. The van der Waals surface area contributed by atoms with Crippen molar-refractivity contribution < 1.29 is 0 Å². The van der Waals surface area contributed by atoms with E-state index in [-0.39, 0.29) is 5.38 Å². The van der Waals surface area contributed by atoms with E-state index in [0.717, 1.165) is 20.1 Å². The Balaban J connectivity index is 2.28. The molecule has 1 heterocycles. The third kappa shape index (κ3) is 3.11. The van der Waals surface area contributed by atoms with E-state index in [1.54, 1.807) is 11.3 Å². The highest BCUT2D eigenvalue weighted by Crippen LogP contribution is 2.44. The van der Waals surface area contributed by atoms with Gasteiger partial charge in [0.1, 0.15) is 4.34 Å². The first-order valence-corrected chi connectivity index (χ1v) is 8.19. The van der Waals surface area contributed by atoms with Crippen LogP contribution < -0.4 is 0 Å². The minimum absolute atomic E-state index is 0.0359. The predicted molar refractivity (Wildman–Crippen MR) is 85.1 cm³/mol. The van der Waals surface area contributed by atoms with E-state index in [1.807, 2.05) is 12.1 Å². The number of halogens is 3. The number of thiophene rings is 1. The first-order chi connectivity index (χ1) is 8.63. The van der Waals surface area contributed by atoms with E-state index < -0.39 is 0 Å². The molecule has 1 aromatic carbocycles. The molecule has 0 aliphatic carbocycles. The first kappa shape index (κ1) is 14.4. The SMILES string of the molecule is CCC(c1ccccc1)C(Cl)c1cc(Br)c(Cl)s1. The standard InChI is InChI=1S/C14H13BrCl2S/c1-2-10(9-6-4-3-5-7-9)13(16)12-8-11(15)14(17)18-12/h3-8,10,13H,2H2,1H3. The Morgan fingerprint density at radius 3 is 2.44 bits per heavy atom. The maximum absolute atomic E-state index is 6.62. The van der Waals surface area contributed by atoms with Crippen molar-refractivity contribution in [2.24, 2.45) is 0 Å². The van der Waals surface area contributed by atoms with Crippen LogP contribution in [0, 0.1) is 0 Å². The van der Waals surface area contributed by atoms with Crippen molar-refractivity contribution in [3.63, 3.8) is 0 Å². The highest BCUT2D eigenvalue weighted by atomic mass is 79.9. The fraction of sp³-hybridized carbons (Fsp3) is 0.286. The van der Waals surface area contributed by atoms with Crippen LogP contribution in [-0.2, 0) is 0 Å². The molecule has 0 saturated heterocycles. The molecular weight excluding hydrogens is 351 g/mol. The first-order valence-electron chi connectivity index (χ1n) is 5.77. The minimum Gasteiger partial charge on any atom is -0.126 e. The summed E-state index contributed by atoms with van der Waals surface area (Å²) in [5.41, 5.74) is 1.28. The summed E-state index contributed by atoms with van der Waals surface area (Å²) in [5.74, 6) is 0.314. The molecule has 2 unspecified atom stereocenters. The lowest BCUT2D eigenvalue weighted by molar-refractivity contribution is 0.646. The van der Waals surface area contributed by atoms with Gasteiger partial charge in [-0.05, 0) is 34.0 Å². The van der Waals surface area contributed by atoms with Gasteiger partial charge in [-0.15, -0.1) is 22.9 Å². The summed E-state index contributed by atoms with van der Waals surface area (Å²) in [5, 5.41) is -0.0359. The molecular formula is C14H13BrCl2S. The minimum atomic E-state index is -0.0359. The van der Waals surface area contributed by atoms with E-state index >= 15 is 0 Å². The second-order valence-electron chi connectivity index (χ2n) is 4.10. The van der Waals surface area contributed by atoms with Gasteiger partial charge in [0.05, 0.1) is 5.38 Å². The maximum atomic E-state index is 6.62. The summed E-state index contributed by atoms with van der Waals surface area (Å²) >= 11 is 17.7. The van der Waals surface area contributed by atoms with Gasteiger partial charge in [-0.3, -0.25) is 0 Å². The zero-order valence-electron chi connectivity index (χ0n) is 9.87. The van der Waals surface area contributed by atoms with E-state index in [4.69, 9.17) is 23.2 Å². The van der Waals surface area contributed by atoms with Crippen molar-refractivity contribution in [3.05, 3.63) is 55.6 Å². The quantitative estimate of drug-likeness (QED) is 0.534. The molecule has 0 amide bonds. The van der Waals surface area contributed by atoms with Gasteiger partial charge in [0, 0.05) is 15.3 Å². The molecule has 2 rings (SSSR count). The van der Waals surface area contributed by atoms with E-state index in [1.165, 1.54) is 5.56 Å². The zero-order chi connectivity index (χ0) is 13.1. The number of benzene rings is 1. The second-order valence-corrected chi connectivity index (χ2v) is 7.11. The van der Waals surface area contributed by atoms with E-state index in [2.05, 4.69) is 47.1 Å². The molecule has 1 aromatic heterocycles. The Morgan fingerprint density at radius 1 is 1.28 bits per heavy atom. The van der Waals surface area contributed by atoms with Crippen molar-refractivity contribution in [2.45, 2.75) is 24.6 Å². The topological polar surface area (TPSA) is 0 Å². The Bertz CT molecular complexity index is 490. The molecule has 0 nitrogen and oxygen atoms in total. The smallest absolute Gasteiger partial charge is 0.107 e. The lowest BCUT2D eigenvalue weighted by atomic mass is 9.92. The molecule has 0 spiro atoms. The van der Waals surface area contributed by atoms with Gasteiger partial charge < -0.3 is 0 Å². The summed E-state index contributed by atoms with van der Waals surface area (Å²) in [6.45, 7) is 2.16.